The minimum atomic E-state index is -3.79. The maximum absolute atomic E-state index is 13.2. The van der Waals surface area contributed by atoms with Gasteiger partial charge in [-0.15, -0.1) is 0 Å². The number of sulfonamides is 1. The van der Waals surface area contributed by atoms with Crippen molar-refractivity contribution in [3.8, 4) is 0 Å². The molecule has 3 N–H and O–H groups in total. The van der Waals surface area contributed by atoms with E-state index in [0.717, 1.165) is 17.4 Å². The second-order valence-corrected chi connectivity index (χ2v) is 9.66. The van der Waals surface area contributed by atoms with Gasteiger partial charge in [0, 0.05) is 37.4 Å². The second kappa shape index (κ2) is 7.18. The van der Waals surface area contributed by atoms with E-state index >= 15 is 0 Å². The van der Waals surface area contributed by atoms with Crippen molar-refractivity contribution >= 4 is 20.9 Å². The number of nitrogens with one attached hydrogen (secondary N) is 1. The van der Waals surface area contributed by atoms with Crippen molar-refractivity contribution in [3.63, 3.8) is 0 Å². The van der Waals surface area contributed by atoms with Gasteiger partial charge in [0.15, 0.2) is 0 Å². The fourth-order valence-electron chi connectivity index (χ4n) is 3.46. The van der Waals surface area contributed by atoms with E-state index < -0.39 is 26.8 Å². The summed E-state index contributed by atoms with van der Waals surface area (Å²) in [4.78, 5) is 26.2. The summed E-state index contributed by atoms with van der Waals surface area (Å²) in [6.07, 6.45) is 4.83. The number of hydrogen-bond acceptors (Lipinski definition) is 6. The third kappa shape index (κ3) is 3.71. The van der Waals surface area contributed by atoms with Crippen molar-refractivity contribution < 1.29 is 8.42 Å². The Bertz CT molecular complexity index is 1350. The van der Waals surface area contributed by atoms with E-state index in [4.69, 9.17) is 5.73 Å². The maximum Gasteiger partial charge on any atom is 0.331 e. The summed E-state index contributed by atoms with van der Waals surface area (Å²) in [6.45, 7) is 2.26. The van der Waals surface area contributed by atoms with E-state index in [0.29, 0.717) is 11.1 Å². The van der Waals surface area contributed by atoms with E-state index in [2.05, 4.69) is 9.82 Å². The smallest absolute Gasteiger partial charge is 0.329 e. The number of benzene rings is 1. The summed E-state index contributed by atoms with van der Waals surface area (Å²) in [5.74, 6) is 0. The van der Waals surface area contributed by atoms with E-state index in [1.54, 1.807) is 24.1 Å². The molecule has 4 rings (SSSR count). The van der Waals surface area contributed by atoms with Gasteiger partial charge in [-0.1, -0.05) is 0 Å². The van der Waals surface area contributed by atoms with Gasteiger partial charge in [-0.3, -0.25) is 18.6 Å². The van der Waals surface area contributed by atoms with Gasteiger partial charge in [-0.05, 0) is 38.0 Å². The molecule has 0 spiro atoms. The van der Waals surface area contributed by atoms with Crippen molar-refractivity contribution in [2.75, 3.05) is 6.54 Å². The van der Waals surface area contributed by atoms with Gasteiger partial charge in [0.05, 0.1) is 28.5 Å². The van der Waals surface area contributed by atoms with Crippen molar-refractivity contribution in [3.05, 3.63) is 57.0 Å². The van der Waals surface area contributed by atoms with Gasteiger partial charge in [0.1, 0.15) is 0 Å². The third-order valence-corrected chi connectivity index (χ3v) is 6.98. The fourth-order valence-corrected chi connectivity index (χ4v) is 4.95. The molecule has 160 valence electrons. The van der Waals surface area contributed by atoms with Crippen LogP contribution in [0.25, 0.3) is 10.9 Å². The van der Waals surface area contributed by atoms with Crippen LogP contribution in [0.2, 0.25) is 0 Å². The largest absolute Gasteiger partial charge is 0.331 e. The molecule has 2 heterocycles. The SMILES string of the molecule is Cn1cc(Cn2c(=O)c3cc(S(=O)(=O)NC4(C)CC4)ccc3n(CCN)c2=O)cn1. The average molecular weight is 433 g/mol. The minimum absolute atomic E-state index is 0.00824. The molecule has 1 fully saturated rings. The highest BCUT2D eigenvalue weighted by Gasteiger charge is 2.41. The number of aromatic nitrogens is 4. The van der Waals surface area contributed by atoms with Gasteiger partial charge >= 0.3 is 5.69 Å². The first kappa shape index (κ1) is 20.5. The maximum atomic E-state index is 13.2. The Labute approximate surface area is 173 Å². The van der Waals surface area contributed by atoms with Crippen molar-refractivity contribution in [2.24, 2.45) is 12.8 Å². The van der Waals surface area contributed by atoms with Crippen LogP contribution in [-0.4, -0.2) is 39.4 Å². The summed E-state index contributed by atoms with van der Waals surface area (Å²) >= 11 is 0. The summed E-state index contributed by atoms with van der Waals surface area (Å²) in [5.41, 5.74) is 5.22. The summed E-state index contributed by atoms with van der Waals surface area (Å²) < 4.78 is 32.3. The first-order valence-electron chi connectivity index (χ1n) is 9.62. The van der Waals surface area contributed by atoms with E-state index in [1.165, 1.54) is 22.8 Å². The van der Waals surface area contributed by atoms with Gasteiger partial charge in [-0.25, -0.2) is 17.9 Å². The number of nitrogens with zero attached hydrogens (tertiary/aromatic N) is 4. The molecule has 0 amide bonds. The molecule has 0 atom stereocenters. The monoisotopic (exact) mass is 432 g/mol. The van der Waals surface area contributed by atoms with Crippen LogP contribution in [0, 0.1) is 0 Å². The van der Waals surface area contributed by atoms with Crippen molar-refractivity contribution in [1.29, 1.82) is 0 Å². The molecule has 1 aromatic carbocycles. The van der Waals surface area contributed by atoms with Gasteiger partial charge < -0.3 is 5.73 Å². The molecule has 0 unspecified atom stereocenters. The van der Waals surface area contributed by atoms with Gasteiger partial charge in [0.2, 0.25) is 10.0 Å². The Morgan fingerprint density at radius 2 is 1.97 bits per heavy atom. The molecule has 0 aliphatic heterocycles. The molecule has 1 aliphatic rings. The van der Waals surface area contributed by atoms with Crippen LogP contribution >= 0.6 is 0 Å². The molecule has 0 saturated heterocycles. The molecule has 1 saturated carbocycles. The fraction of sp³-hybridized carbons (Fsp3) is 0.421. The Kier molecular flexibility index (Phi) is 4.91. The Morgan fingerprint density at radius 1 is 1.23 bits per heavy atom. The van der Waals surface area contributed by atoms with E-state index in [1.807, 2.05) is 6.92 Å². The lowest BCUT2D eigenvalue weighted by Gasteiger charge is -2.15. The number of hydrogen-bond donors (Lipinski definition) is 2. The lowest BCUT2D eigenvalue weighted by Crippen LogP contribution is -2.41. The quantitative estimate of drug-likeness (QED) is 0.528. The third-order valence-electron chi connectivity index (χ3n) is 5.34. The molecular formula is C19H24N6O4S. The number of rotatable bonds is 7. The highest BCUT2D eigenvalue weighted by atomic mass is 32.2. The first-order chi connectivity index (χ1) is 14.1. The lowest BCUT2D eigenvalue weighted by atomic mass is 10.2. The number of aryl methyl sites for hydroxylation is 1. The Hall–Kier alpha value is -2.76. The zero-order valence-corrected chi connectivity index (χ0v) is 17.6. The lowest BCUT2D eigenvalue weighted by molar-refractivity contribution is 0.558. The predicted octanol–water partition coefficient (Wildman–Crippen LogP) is -0.265. The van der Waals surface area contributed by atoms with Crippen LogP contribution in [0.1, 0.15) is 25.3 Å². The zero-order valence-electron chi connectivity index (χ0n) is 16.8. The normalized spacial score (nSPS) is 15.6. The highest BCUT2D eigenvalue weighted by molar-refractivity contribution is 7.89. The van der Waals surface area contributed by atoms with Crippen molar-refractivity contribution in [1.82, 2.24) is 23.6 Å². The molecule has 30 heavy (non-hydrogen) atoms. The topological polar surface area (TPSA) is 134 Å². The number of nitrogens with two attached hydrogens (primary N) is 1. The van der Waals surface area contributed by atoms with Crippen molar-refractivity contribution in [2.45, 2.75) is 43.3 Å². The van der Waals surface area contributed by atoms with Crippen LogP contribution in [0.5, 0.6) is 0 Å². The molecular weight excluding hydrogens is 408 g/mol. The van der Waals surface area contributed by atoms with Crippen LogP contribution in [-0.2, 0) is 30.2 Å². The van der Waals surface area contributed by atoms with Crippen LogP contribution in [0.15, 0.2) is 45.1 Å². The summed E-state index contributed by atoms with van der Waals surface area (Å²) in [6, 6.07) is 4.23. The number of fused-ring (bicyclic) bond motifs is 1. The summed E-state index contributed by atoms with van der Waals surface area (Å²) in [5, 5.41) is 4.21. The highest BCUT2D eigenvalue weighted by Crippen LogP contribution is 2.36. The van der Waals surface area contributed by atoms with Gasteiger partial charge in [-0.2, -0.15) is 5.10 Å². The van der Waals surface area contributed by atoms with E-state index in [-0.39, 0.29) is 29.9 Å². The van der Waals surface area contributed by atoms with Gasteiger partial charge in [0.25, 0.3) is 5.56 Å². The molecule has 3 aromatic rings. The molecule has 2 aromatic heterocycles. The average Bonchev–Trinajstić information content (AvgIpc) is 3.26. The van der Waals surface area contributed by atoms with Crippen LogP contribution < -0.4 is 21.7 Å². The molecule has 1 aliphatic carbocycles. The first-order valence-corrected chi connectivity index (χ1v) is 11.1. The second-order valence-electron chi connectivity index (χ2n) is 7.98. The van der Waals surface area contributed by atoms with E-state index in [9.17, 15) is 18.0 Å². The van der Waals surface area contributed by atoms with Crippen LogP contribution in [0.3, 0.4) is 0 Å². The summed E-state index contributed by atoms with van der Waals surface area (Å²) in [7, 11) is -2.05. The minimum Gasteiger partial charge on any atom is -0.329 e. The Balaban J connectivity index is 1.89. The standard InChI is InChI=1S/C19H24N6O4S/c1-19(5-6-19)22-30(28,29)14-3-4-16-15(9-14)17(26)25(18(27)24(16)8-7-20)12-13-10-21-23(2)11-13/h3-4,9-11,22H,5-8,12,20H2,1-2H3. The predicted molar refractivity (Wildman–Crippen MR) is 112 cm³/mol. The molecule has 11 heteroatoms. The van der Waals surface area contributed by atoms with Crippen LogP contribution in [0.4, 0.5) is 0 Å². The molecule has 0 bridgehead atoms. The molecule has 0 radical (unpaired) electrons. The zero-order chi connectivity index (χ0) is 21.7. The Morgan fingerprint density at radius 3 is 2.57 bits per heavy atom. The molecule has 10 nitrogen and oxygen atoms in total.